The fraction of sp³-hybridized carbons (Fsp3) is 0.765. The lowest BCUT2D eigenvalue weighted by atomic mass is 9.73. The maximum atomic E-state index is 4.69. The summed E-state index contributed by atoms with van der Waals surface area (Å²) in [7, 11) is 0. The molecule has 21 heavy (non-hydrogen) atoms. The molecule has 0 aromatic carbocycles. The number of hydrogen-bond acceptors (Lipinski definition) is 4. The highest BCUT2D eigenvalue weighted by molar-refractivity contribution is 7.99. The zero-order valence-electron chi connectivity index (χ0n) is 14.3. The van der Waals surface area contributed by atoms with E-state index in [-0.39, 0.29) is 0 Å². The summed E-state index contributed by atoms with van der Waals surface area (Å²) in [5.41, 5.74) is 3.78. The van der Waals surface area contributed by atoms with Crippen LogP contribution in [-0.2, 0) is 0 Å². The number of hydrogen-bond donors (Lipinski definition) is 1. The summed E-state index contributed by atoms with van der Waals surface area (Å²) in [6.07, 6.45) is 3.85. The number of nitrogens with zero attached hydrogens (tertiary/aromatic N) is 2. The van der Waals surface area contributed by atoms with Gasteiger partial charge in [-0.1, -0.05) is 39.0 Å². The molecule has 3 nitrogen and oxygen atoms in total. The Morgan fingerprint density at radius 3 is 2.38 bits per heavy atom. The van der Waals surface area contributed by atoms with Gasteiger partial charge in [-0.05, 0) is 51.1 Å². The van der Waals surface area contributed by atoms with Gasteiger partial charge in [0.25, 0.3) is 0 Å². The summed E-state index contributed by atoms with van der Waals surface area (Å²) in [4.78, 5) is 9.39. The van der Waals surface area contributed by atoms with E-state index in [1.165, 1.54) is 24.8 Å². The van der Waals surface area contributed by atoms with Crippen molar-refractivity contribution in [3.05, 3.63) is 17.0 Å². The van der Waals surface area contributed by atoms with Crippen LogP contribution in [0.2, 0.25) is 0 Å². The predicted octanol–water partition coefficient (Wildman–Crippen LogP) is 4.05. The van der Waals surface area contributed by atoms with Crippen LogP contribution < -0.4 is 5.32 Å². The maximum Gasteiger partial charge on any atom is 0.188 e. The molecule has 1 saturated carbocycles. The second-order valence-corrected chi connectivity index (χ2v) is 8.08. The third-order valence-electron chi connectivity index (χ3n) is 4.82. The number of thioether (sulfide) groups is 1. The van der Waals surface area contributed by atoms with Gasteiger partial charge in [-0.2, -0.15) is 0 Å². The van der Waals surface area contributed by atoms with Crippen molar-refractivity contribution in [2.75, 3.05) is 6.54 Å². The lowest BCUT2D eigenvalue weighted by Crippen LogP contribution is -2.51. The van der Waals surface area contributed by atoms with E-state index in [0.29, 0.717) is 16.7 Å². The number of nitrogens with one attached hydrogen (secondary N) is 1. The van der Waals surface area contributed by atoms with E-state index in [9.17, 15) is 0 Å². The Labute approximate surface area is 133 Å². The van der Waals surface area contributed by atoms with Gasteiger partial charge in [-0.3, -0.25) is 0 Å². The highest BCUT2D eigenvalue weighted by Gasteiger charge is 2.39. The summed E-state index contributed by atoms with van der Waals surface area (Å²) in [6.45, 7) is 14.3. The summed E-state index contributed by atoms with van der Waals surface area (Å²) in [5, 5.41) is 5.22. The van der Waals surface area contributed by atoms with Crippen LogP contribution in [-0.4, -0.2) is 27.8 Å². The topological polar surface area (TPSA) is 37.8 Å². The summed E-state index contributed by atoms with van der Waals surface area (Å²) < 4.78 is 0. The zero-order valence-corrected chi connectivity index (χ0v) is 15.1. The fourth-order valence-corrected chi connectivity index (χ4v) is 4.80. The number of rotatable bonds is 4. The van der Waals surface area contributed by atoms with E-state index in [4.69, 9.17) is 9.97 Å². The molecule has 1 aliphatic carbocycles. The van der Waals surface area contributed by atoms with Gasteiger partial charge < -0.3 is 5.32 Å². The molecule has 0 aliphatic heterocycles. The van der Waals surface area contributed by atoms with E-state index in [1.54, 1.807) is 0 Å². The second-order valence-electron chi connectivity index (χ2n) is 6.87. The Hall–Kier alpha value is -0.610. The standard InChI is InChI=1S/C17H29N3S/c1-7-18-15-14(9-8-10-17(15,5)6)21-16-19-12(3)11(2)13(4)20-16/h14-15,18H,7-10H2,1-6H3. The van der Waals surface area contributed by atoms with E-state index < -0.39 is 0 Å². The molecule has 0 spiro atoms. The average Bonchev–Trinajstić information content (AvgIpc) is 2.39. The van der Waals surface area contributed by atoms with Crippen molar-refractivity contribution in [1.82, 2.24) is 15.3 Å². The molecular weight excluding hydrogens is 278 g/mol. The van der Waals surface area contributed by atoms with E-state index in [1.807, 2.05) is 11.8 Å². The molecule has 4 heteroatoms. The van der Waals surface area contributed by atoms with Crippen molar-refractivity contribution in [3.8, 4) is 0 Å². The second kappa shape index (κ2) is 6.66. The Balaban J connectivity index is 2.20. The maximum absolute atomic E-state index is 4.69. The zero-order chi connectivity index (χ0) is 15.6. The van der Waals surface area contributed by atoms with Gasteiger partial charge in [-0.15, -0.1) is 0 Å². The van der Waals surface area contributed by atoms with Crippen molar-refractivity contribution in [3.63, 3.8) is 0 Å². The van der Waals surface area contributed by atoms with E-state index >= 15 is 0 Å². The SMILES string of the molecule is CCNC1C(Sc2nc(C)c(C)c(C)n2)CCCC1(C)C. The molecule has 1 aromatic heterocycles. The number of aromatic nitrogens is 2. The van der Waals surface area contributed by atoms with Crippen molar-refractivity contribution in [1.29, 1.82) is 0 Å². The van der Waals surface area contributed by atoms with Gasteiger partial charge in [0.15, 0.2) is 5.16 Å². The molecule has 1 N–H and O–H groups in total. The highest BCUT2D eigenvalue weighted by Crippen LogP contribution is 2.42. The van der Waals surface area contributed by atoms with Crippen LogP contribution in [0.1, 0.15) is 57.0 Å². The third kappa shape index (κ3) is 3.78. The smallest absolute Gasteiger partial charge is 0.188 e. The first kappa shape index (κ1) is 16.8. The van der Waals surface area contributed by atoms with Gasteiger partial charge in [0.1, 0.15) is 0 Å². The Kier molecular flexibility index (Phi) is 5.31. The molecule has 1 heterocycles. The van der Waals surface area contributed by atoms with E-state index in [2.05, 4.69) is 46.9 Å². The van der Waals surface area contributed by atoms with Gasteiger partial charge >= 0.3 is 0 Å². The molecule has 2 atom stereocenters. The lowest BCUT2D eigenvalue weighted by molar-refractivity contribution is 0.176. The molecule has 1 aliphatic rings. The minimum atomic E-state index is 0.348. The Morgan fingerprint density at radius 1 is 1.19 bits per heavy atom. The summed E-state index contributed by atoms with van der Waals surface area (Å²) in [6, 6.07) is 0.534. The van der Waals surface area contributed by atoms with Gasteiger partial charge in [0.05, 0.1) is 0 Å². The fourth-order valence-electron chi connectivity index (χ4n) is 3.27. The molecule has 1 aromatic rings. The quantitative estimate of drug-likeness (QED) is 0.852. The first-order chi connectivity index (χ1) is 9.85. The van der Waals surface area contributed by atoms with Crippen molar-refractivity contribution < 1.29 is 0 Å². The molecule has 2 unspecified atom stereocenters. The van der Waals surface area contributed by atoms with Gasteiger partial charge in [-0.25, -0.2) is 9.97 Å². The van der Waals surface area contributed by atoms with Crippen LogP contribution in [0.25, 0.3) is 0 Å². The molecular formula is C17H29N3S. The third-order valence-corrected chi connectivity index (χ3v) is 6.02. The number of aryl methyl sites for hydroxylation is 2. The first-order valence-corrected chi connectivity index (χ1v) is 8.95. The molecule has 118 valence electrons. The minimum Gasteiger partial charge on any atom is -0.313 e. The molecule has 2 rings (SSSR count). The highest BCUT2D eigenvalue weighted by atomic mass is 32.2. The average molecular weight is 308 g/mol. The molecule has 0 bridgehead atoms. The molecule has 0 amide bonds. The largest absolute Gasteiger partial charge is 0.313 e. The van der Waals surface area contributed by atoms with Crippen LogP contribution in [0.15, 0.2) is 5.16 Å². The normalized spacial score (nSPS) is 25.0. The minimum absolute atomic E-state index is 0.348. The summed E-state index contributed by atoms with van der Waals surface area (Å²) >= 11 is 1.87. The van der Waals surface area contributed by atoms with Crippen LogP contribution in [0.3, 0.4) is 0 Å². The van der Waals surface area contributed by atoms with Crippen LogP contribution >= 0.6 is 11.8 Å². The Morgan fingerprint density at radius 2 is 1.81 bits per heavy atom. The monoisotopic (exact) mass is 307 g/mol. The van der Waals surface area contributed by atoms with Crippen LogP contribution in [0.4, 0.5) is 0 Å². The molecule has 0 saturated heterocycles. The van der Waals surface area contributed by atoms with Crippen molar-refractivity contribution in [2.45, 2.75) is 77.3 Å². The predicted molar refractivity (Wildman–Crippen MR) is 91.0 cm³/mol. The van der Waals surface area contributed by atoms with Gasteiger partial charge in [0, 0.05) is 22.7 Å². The first-order valence-electron chi connectivity index (χ1n) is 8.07. The molecule has 1 fully saturated rings. The summed E-state index contributed by atoms with van der Waals surface area (Å²) in [5.74, 6) is 0. The van der Waals surface area contributed by atoms with Crippen molar-refractivity contribution in [2.24, 2.45) is 5.41 Å². The van der Waals surface area contributed by atoms with Gasteiger partial charge in [0.2, 0.25) is 0 Å². The molecule has 0 radical (unpaired) electrons. The Bertz CT molecular complexity index is 476. The lowest BCUT2D eigenvalue weighted by Gasteiger charge is -2.44. The van der Waals surface area contributed by atoms with E-state index in [0.717, 1.165) is 23.1 Å². The van der Waals surface area contributed by atoms with Crippen LogP contribution in [0, 0.1) is 26.2 Å². The van der Waals surface area contributed by atoms with Crippen LogP contribution in [0.5, 0.6) is 0 Å². The van der Waals surface area contributed by atoms with Crippen molar-refractivity contribution >= 4 is 11.8 Å².